The van der Waals surface area contributed by atoms with Crippen LogP contribution in [-0.2, 0) is 22.4 Å². The molecule has 0 spiro atoms. The van der Waals surface area contributed by atoms with Gasteiger partial charge >= 0.3 is 12.1 Å². The van der Waals surface area contributed by atoms with Crippen LogP contribution in [0.15, 0.2) is 72.8 Å². The zero-order valence-electron chi connectivity index (χ0n) is 19.8. The number of benzene rings is 3. The fourth-order valence-electron chi connectivity index (χ4n) is 3.65. The van der Waals surface area contributed by atoms with Gasteiger partial charge in [-0.1, -0.05) is 30.3 Å². The fourth-order valence-corrected chi connectivity index (χ4v) is 4.60. The summed E-state index contributed by atoms with van der Waals surface area (Å²) >= 11 is 1.61. The lowest BCUT2D eigenvalue weighted by molar-refractivity contribution is -0.142. The smallest absolute Gasteiger partial charge is 0.419 e. The van der Waals surface area contributed by atoms with Gasteiger partial charge in [-0.3, -0.25) is 9.69 Å². The minimum absolute atomic E-state index is 0.0611. The molecule has 7 nitrogen and oxygen atoms in total. The first-order valence-electron chi connectivity index (χ1n) is 11.6. The van der Waals surface area contributed by atoms with Crippen molar-refractivity contribution in [3.05, 3.63) is 88.9 Å². The molecule has 4 aromatic rings. The molecule has 182 valence electrons. The molecular weight excluding hydrogens is 474 g/mol. The van der Waals surface area contributed by atoms with E-state index in [9.17, 15) is 9.59 Å². The molecule has 0 fully saturated rings. The van der Waals surface area contributed by atoms with Crippen LogP contribution in [0.2, 0.25) is 0 Å². The second-order valence-electron chi connectivity index (χ2n) is 7.96. The van der Waals surface area contributed by atoms with Crippen molar-refractivity contribution in [3.8, 4) is 11.8 Å². The summed E-state index contributed by atoms with van der Waals surface area (Å²) < 4.78 is 11.7. The summed E-state index contributed by atoms with van der Waals surface area (Å²) in [7, 11) is 0. The van der Waals surface area contributed by atoms with Crippen molar-refractivity contribution in [2.24, 2.45) is 0 Å². The molecule has 1 heterocycles. The maximum Gasteiger partial charge on any atom is 0.419 e. The molecule has 0 atom stereocenters. The van der Waals surface area contributed by atoms with Crippen LogP contribution in [-0.4, -0.2) is 30.2 Å². The number of anilines is 1. The summed E-state index contributed by atoms with van der Waals surface area (Å²) in [6.07, 6.45) is 1.07. The molecule has 0 aliphatic heterocycles. The third-order valence-corrected chi connectivity index (χ3v) is 6.55. The van der Waals surface area contributed by atoms with E-state index in [1.54, 1.807) is 42.5 Å². The SMILES string of the molecule is CCOC(=O)CCN(C(=O)Oc1ccc2sc(CCc3ccc(C#N)cc3)nc2c1)c1ccccc1. The maximum absolute atomic E-state index is 13.0. The van der Waals surface area contributed by atoms with Gasteiger partial charge in [-0.2, -0.15) is 5.26 Å². The van der Waals surface area contributed by atoms with E-state index in [0.717, 1.165) is 33.6 Å². The van der Waals surface area contributed by atoms with E-state index in [0.29, 0.717) is 17.0 Å². The normalized spacial score (nSPS) is 10.6. The number of nitriles is 1. The lowest BCUT2D eigenvalue weighted by atomic mass is 10.1. The zero-order valence-corrected chi connectivity index (χ0v) is 20.7. The maximum atomic E-state index is 13.0. The number of ether oxygens (including phenoxy) is 2. The van der Waals surface area contributed by atoms with Crippen molar-refractivity contribution in [1.29, 1.82) is 5.26 Å². The largest absolute Gasteiger partial charge is 0.466 e. The van der Waals surface area contributed by atoms with Crippen molar-refractivity contribution in [2.75, 3.05) is 18.1 Å². The summed E-state index contributed by atoms with van der Waals surface area (Å²) in [5.41, 5.74) is 3.18. The van der Waals surface area contributed by atoms with E-state index >= 15 is 0 Å². The number of amides is 1. The highest BCUT2D eigenvalue weighted by Gasteiger charge is 2.20. The Morgan fingerprint density at radius 1 is 1.03 bits per heavy atom. The van der Waals surface area contributed by atoms with Crippen LogP contribution in [0.4, 0.5) is 10.5 Å². The van der Waals surface area contributed by atoms with Crippen LogP contribution in [0, 0.1) is 11.3 Å². The molecule has 0 saturated carbocycles. The van der Waals surface area contributed by atoms with Gasteiger partial charge in [0.1, 0.15) is 5.75 Å². The van der Waals surface area contributed by atoms with Crippen molar-refractivity contribution in [2.45, 2.75) is 26.2 Å². The van der Waals surface area contributed by atoms with E-state index in [2.05, 4.69) is 6.07 Å². The predicted octanol–water partition coefficient (Wildman–Crippen LogP) is 5.91. The van der Waals surface area contributed by atoms with Crippen molar-refractivity contribution >= 4 is 39.3 Å². The number of rotatable bonds is 9. The number of hydrogen-bond acceptors (Lipinski definition) is 7. The van der Waals surface area contributed by atoms with E-state index in [1.165, 1.54) is 4.90 Å². The molecule has 3 aromatic carbocycles. The number of para-hydroxylation sites is 1. The Balaban J connectivity index is 1.44. The van der Waals surface area contributed by atoms with E-state index in [-0.39, 0.29) is 25.5 Å². The second kappa shape index (κ2) is 12.0. The molecule has 0 saturated heterocycles. The third kappa shape index (κ3) is 6.46. The molecule has 0 N–H and O–H groups in total. The van der Waals surface area contributed by atoms with Gasteiger partial charge in [0.15, 0.2) is 0 Å². The summed E-state index contributed by atoms with van der Waals surface area (Å²) in [5, 5.41) is 9.92. The molecular formula is C28H25N3O4S. The quantitative estimate of drug-likeness (QED) is 0.266. The summed E-state index contributed by atoms with van der Waals surface area (Å²) in [5.74, 6) is 0.0113. The zero-order chi connectivity index (χ0) is 25.3. The van der Waals surface area contributed by atoms with Crippen LogP contribution >= 0.6 is 11.3 Å². The molecule has 0 bridgehead atoms. The monoisotopic (exact) mass is 499 g/mol. The van der Waals surface area contributed by atoms with Gasteiger partial charge in [-0.15, -0.1) is 11.3 Å². The van der Waals surface area contributed by atoms with Gasteiger partial charge in [0.25, 0.3) is 0 Å². The standard InChI is InChI=1S/C28H25N3O4S/c1-2-34-27(32)16-17-31(22-6-4-3-5-7-22)28(33)35-23-13-14-25-24(18-23)30-26(36-25)15-12-20-8-10-21(19-29)11-9-20/h3-11,13-14,18H,2,12,15-17H2,1H3. The first-order chi connectivity index (χ1) is 17.6. The van der Waals surface area contributed by atoms with E-state index in [4.69, 9.17) is 19.7 Å². The van der Waals surface area contributed by atoms with Crippen molar-refractivity contribution in [1.82, 2.24) is 4.98 Å². The number of thiazole rings is 1. The van der Waals surface area contributed by atoms with Crippen LogP contribution in [0.25, 0.3) is 10.2 Å². The highest BCUT2D eigenvalue weighted by molar-refractivity contribution is 7.18. The van der Waals surface area contributed by atoms with Gasteiger partial charge in [0.2, 0.25) is 0 Å². The number of nitrogens with zero attached hydrogens (tertiary/aromatic N) is 3. The number of carbonyl (C=O) groups excluding carboxylic acids is 2. The molecule has 0 aliphatic carbocycles. The van der Waals surface area contributed by atoms with Gasteiger partial charge in [0.05, 0.1) is 39.9 Å². The number of carbonyl (C=O) groups is 2. The lowest BCUT2D eigenvalue weighted by Crippen LogP contribution is -2.35. The average Bonchev–Trinajstić information content (AvgIpc) is 3.31. The Hall–Kier alpha value is -4.22. The molecule has 1 aromatic heterocycles. The topological polar surface area (TPSA) is 92.5 Å². The molecule has 36 heavy (non-hydrogen) atoms. The Morgan fingerprint density at radius 3 is 2.53 bits per heavy atom. The first kappa shape index (κ1) is 24.9. The summed E-state index contributed by atoms with van der Waals surface area (Å²) in [6.45, 7) is 2.17. The number of fused-ring (bicyclic) bond motifs is 1. The molecule has 0 radical (unpaired) electrons. The molecule has 0 unspecified atom stereocenters. The second-order valence-corrected chi connectivity index (χ2v) is 9.07. The molecule has 8 heteroatoms. The Kier molecular flexibility index (Phi) is 8.27. The number of aromatic nitrogens is 1. The molecule has 0 aliphatic rings. The number of hydrogen-bond donors (Lipinski definition) is 0. The van der Waals surface area contributed by atoms with Gasteiger partial charge in [-0.25, -0.2) is 9.78 Å². The van der Waals surface area contributed by atoms with Gasteiger partial charge in [0, 0.05) is 24.7 Å². The Bertz CT molecular complexity index is 1380. The van der Waals surface area contributed by atoms with E-state index < -0.39 is 6.09 Å². The summed E-state index contributed by atoms with van der Waals surface area (Å²) in [4.78, 5) is 31.0. The lowest BCUT2D eigenvalue weighted by Gasteiger charge is -2.21. The van der Waals surface area contributed by atoms with Crippen LogP contribution in [0.5, 0.6) is 5.75 Å². The van der Waals surface area contributed by atoms with Crippen LogP contribution < -0.4 is 9.64 Å². The predicted molar refractivity (Wildman–Crippen MR) is 139 cm³/mol. The minimum atomic E-state index is -0.582. The Morgan fingerprint density at radius 2 is 1.81 bits per heavy atom. The Labute approximate surface area is 213 Å². The summed E-state index contributed by atoms with van der Waals surface area (Å²) in [6, 6.07) is 24.2. The highest BCUT2D eigenvalue weighted by atomic mass is 32.1. The fraction of sp³-hybridized carbons (Fsp3) is 0.214. The first-order valence-corrected chi connectivity index (χ1v) is 12.5. The number of aryl methyl sites for hydroxylation is 2. The van der Waals surface area contributed by atoms with Crippen molar-refractivity contribution in [3.63, 3.8) is 0 Å². The minimum Gasteiger partial charge on any atom is -0.466 e. The van der Waals surface area contributed by atoms with E-state index in [1.807, 2.05) is 48.5 Å². The van der Waals surface area contributed by atoms with Crippen LogP contribution in [0.1, 0.15) is 29.5 Å². The number of esters is 1. The molecule has 4 rings (SSSR count). The van der Waals surface area contributed by atoms with Gasteiger partial charge in [-0.05, 0) is 55.3 Å². The van der Waals surface area contributed by atoms with Crippen molar-refractivity contribution < 1.29 is 19.1 Å². The van der Waals surface area contributed by atoms with Gasteiger partial charge < -0.3 is 9.47 Å². The molecule has 1 amide bonds. The third-order valence-electron chi connectivity index (χ3n) is 5.45. The average molecular weight is 500 g/mol. The van der Waals surface area contributed by atoms with Crippen LogP contribution in [0.3, 0.4) is 0 Å². The highest BCUT2D eigenvalue weighted by Crippen LogP contribution is 2.28.